The van der Waals surface area contributed by atoms with Gasteiger partial charge in [-0.3, -0.25) is 4.79 Å². The van der Waals surface area contributed by atoms with E-state index in [-0.39, 0.29) is 17.9 Å². The third kappa shape index (κ3) is 4.20. The Balaban J connectivity index is 2.27. The zero-order chi connectivity index (χ0) is 11.3. The van der Waals surface area contributed by atoms with Crippen molar-refractivity contribution in [1.82, 2.24) is 5.32 Å². The Hall–Kier alpha value is -0.570. The topological polar surface area (TPSA) is 55.1 Å². The second-order valence-corrected chi connectivity index (χ2v) is 4.94. The first kappa shape index (κ1) is 12.5. The largest absolute Gasteiger partial charge is 0.353 e. The molecule has 0 aromatic rings. The van der Waals surface area contributed by atoms with Crippen molar-refractivity contribution in [3.05, 3.63) is 0 Å². The summed E-state index contributed by atoms with van der Waals surface area (Å²) in [7, 11) is 0. The van der Waals surface area contributed by atoms with Crippen molar-refractivity contribution in [3.8, 4) is 0 Å². The van der Waals surface area contributed by atoms with Crippen LogP contribution in [0.2, 0.25) is 0 Å². The van der Waals surface area contributed by atoms with Crippen molar-refractivity contribution >= 4 is 5.91 Å². The predicted molar refractivity (Wildman–Crippen MR) is 62.4 cm³/mol. The third-order valence-electron chi connectivity index (χ3n) is 3.37. The molecule has 3 heteroatoms. The van der Waals surface area contributed by atoms with Gasteiger partial charge < -0.3 is 11.1 Å². The second kappa shape index (κ2) is 6.11. The van der Waals surface area contributed by atoms with E-state index in [9.17, 15) is 4.79 Å². The smallest absolute Gasteiger partial charge is 0.223 e. The first-order chi connectivity index (χ1) is 7.13. The number of carbonyl (C=O) groups excluding carboxylic acids is 1. The lowest BCUT2D eigenvalue weighted by atomic mass is 9.82. The number of amides is 1. The van der Waals surface area contributed by atoms with Gasteiger partial charge in [0.15, 0.2) is 0 Å². The molecule has 0 aliphatic heterocycles. The van der Waals surface area contributed by atoms with Gasteiger partial charge in [0, 0.05) is 12.0 Å². The molecule has 1 fully saturated rings. The van der Waals surface area contributed by atoms with Gasteiger partial charge in [-0.25, -0.2) is 0 Å². The molecule has 1 amide bonds. The number of hydrogen-bond donors (Lipinski definition) is 2. The predicted octanol–water partition coefficient (Wildman–Crippen LogP) is 1.67. The van der Waals surface area contributed by atoms with Crippen LogP contribution in [-0.2, 0) is 4.79 Å². The van der Waals surface area contributed by atoms with Gasteiger partial charge in [0.05, 0.1) is 0 Å². The average Bonchev–Trinajstić information content (AvgIpc) is 2.18. The van der Waals surface area contributed by atoms with Crippen molar-refractivity contribution in [2.45, 2.75) is 52.0 Å². The summed E-state index contributed by atoms with van der Waals surface area (Å²) in [4.78, 5) is 11.8. The molecule has 0 aromatic carbocycles. The van der Waals surface area contributed by atoms with Crippen molar-refractivity contribution in [3.63, 3.8) is 0 Å². The number of rotatable bonds is 4. The van der Waals surface area contributed by atoms with Crippen LogP contribution in [0.3, 0.4) is 0 Å². The summed E-state index contributed by atoms with van der Waals surface area (Å²) in [6.45, 7) is 4.94. The minimum Gasteiger partial charge on any atom is -0.353 e. The van der Waals surface area contributed by atoms with Gasteiger partial charge in [-0.2, -0.15) is 0 Å². The Morgan fingerprint density at radius 3 is 2.53 bits per heavy atom. The molecule has 1 unspecified atom stereocenters. The lowest BCUT2D eigenvalue weighted by Crippen LogP contribution is -2.39. The molecular weight excluding hydrogens is 188 g/mol. The fourth-order valence-corrected chi connectivity index (χ4v) is 2.21. The van der Waals surface area contributed by atoms with E-state index < -0.39 is 0 Å². The molecular formula is C12H24N2O. The van der Waals surface area contributed by atoms with Crippen LogP contribution in [-0.4, -0.2) is 18.5 Å². The maximum Gasteiger partial charge on any atom is 0.223 e. The molecule has 15 heavy (non-hydrogen) atoms. The molecule has 3 nitrogen and oxygen atoms in total. The number of nitrogens with two attached hydrogens (primary N) is 1. The number of nitrogens with one attached hydrogen (secondary N) is 1. The lowest BCUT2D eigenvalue weighted by molar-refractivity contribution is -0.126. The lowest BCUT2D eigenvalue weighted by Gasteiger charge is -2.26. The second-order valence-electron chi connectivity index (χ2n) is 4.94. The molecule has 3 N–H and O–H groups in total. The molecule has 0 radical (unpaired) electrons. The molecule has 0 aromatic heterocycles. The van der Waals surface area contributed by atoms with E-state index in [1.165, 1.54) is 12.8 Å². The number of carbonyl (C=O) groups is 1. The minimum atomic E-state index is 0.224. The van der Waals surface area contributed by atoms with Crippen LogP contribution in [0.1, 0.15) is 46.0 Å². The van der Waals surface area contributed by atoms with E-state index in [1.807, 2.05) is 6.92 Å². The van der Waals surface area contributed by atoms with Crippen molar-refractivity contribution < 1.29 is 4.79 Å². The first-order valence-corrected chi connectivity index (χ1v) is 6.14. The number of hydrogen-bond acceptors (Lipinski definition) is 2. The highest BCUT2D eigenvalue weighted by Crippen LogP contribution is 2.28. The van der Waals surface area contributed by atoms with E-state index >= 15 is 0 Å². The average molecular weight is 212 g/mol. The molecule has 88 valence electrons. The Bertz CT molecular complexity index is 198. The molecule has 1 aliphatic carbocycles. The van der Waals surface area contributed by atoms with Crippen LogP contribution in [0.25, 0.3) is 0 Å². The Morgan fingerprint density at radius 1 is 1.40 bits per heavy atom. The fraction of sp³-hybridized carbons (Fsp3) is 0.917. The summed E-state index contributed by atoms with van der Waals surface area (Å²) < 4.78 is 0. The van der Waals surface area contributed by atoms with E-state index in [0.29, 0.717) is 6.54 Å². The summed E-state index contributed by atoms with van der Waals surface area (Å²) in [5, 5.41) is 3.05. The van der Waals surface area contributed by atoms with Gasteiger partial charge in [-0.15, -0.1) is 0 Å². The Kier molecular flexibility index (Phi) is 5.09. The SMILES string of the molecule is CC1CCC(C(=O)NC(C)CCN)CC1. The van der Waals surface area contributed by atoms with Crippen molar-refractivity contribution in [2.75, 3.05) is 6.54 Å². The van der Waals surface area contributed by atoms with Gasteiger partial charge >= 0.3 is 0 Å². The highest BCUT2D eigenvalue weighted by molar-refractivity contribution is 5.78. The summed E-state index contributed by atoms with van der Waals surface area (Å²) in [5.41, 5.74) is 5.45. The summed E-state index contributed by atoms with van der Waals surface area (Å²) in [5.74, 6) is 1.29. The van der Waals surface area contributed by atoms with Crippen LogP contribution in [0.15, 0.2) is 0 Å². The van der Waals surface area contributed by atoms with Gasteiger partial charge in [-0.1, -0.05) is 6.92 Å². The molecule has 1 saturated carbocycles. The van der Waals surface area contributed by atoms with Crippen LogP contribution in [0.4, 0.5) is 0 Å². The Morgan fingerprint density at radius 2 is 2.00 bits per heavy atom. The van der Waals surface area contributed by atoms with E-state index in [0.717, 1.165) is 25.2 Å². The standard InChI is InChI=1S/C12H24N2O/c1-9-3-5-11(6-4-9)12(15)14-10(2)7-8-13/h9-11H,3-8,13H2,1-2H3,(H,14,15). The highest BCUT2D eigenvalue weighted by Gasteiger charge is 2.24. The van der Waals surface area contributed by atoms with Crippen LogP contribution in [0.5, 0.6) is 0 Å². The van der Waals surface area contributed by atoms with Gasteiger partial charge in [0.25, 0.3) is 0 Å². The summed E-state index contributed by atoms with van der Waals surface area (Å²) >= 11 is 0. The van der Waals surface area contributed by atoms with Gasteiger partial charge in [0.2, 0.25) is 5.91 Å². The summed E-state index contributed by atoms with van der Waals surface area (Å²) in [6.07, 6.45) is 5.38. The van der Waals surface area contributed by atoms with Crippen LogP contribution in [0, 0.1) is 11.8 Å². The maximum atomic E-state index is 11.8. The first-order valence-electron chi connectivity index (χ1n) is 6.14. The van der Waals surface area contributed by atoms with E-state index in [2.05, 4.69) is 12.2 Å². The van der Waals surface area contributed by atoms with Gasteiger partial charge in [0.1, 0.15) is 0 Å². The van der Waals surface area contributed by atoms with E-state index in [4.69, 9.17) is 5.73 Å². The van der Waals surface area contributed by atoms with Crippen LogP contribution >= 0.6 is 0 Å². The molecule has 0 bridgehead atoms. The summed E-state index contributed by atoms with van der Waals surface area (Å²) in [6, 6.07) is 0.224. The zero-order valence-electron chi connectivity index (χ0n) is 9.96. The quantitative estimate of drug-likeness (QED) is 0.744. The highest BCUT2D eigenvalue weighted by atomic mass is 16.1. The maximum absolute atomic E-state index is 11.8. The van der Waals surface area contributed by atoms with Crippen molar-refractivity contribution in [2.24, 2.45) is 17.6 Å². The normalized spacial score (nSPS) is 28.5. The molecule has 1 rings (SSSR count). The van der Waals surface area contributed by atoms with Crippen molar-refractivity contribution in [1.29, 1.82) is 0 Å². The van der Waals surface area contributed by atoms with Crippen LogP contribution < -0.4 is 11.1 Å². The monoisotopic (exact) mass is 212 g/mol. The van der Waals surface area contributed by atoms with E-state index in [1.54, 1.807) is 0 Å². The van der Waals surface area contributed by atoms with Gasteiger partial charge in [-0.05, 0) is 51.5 Å². The molecule has 0 saturated heterocycles. The molecule has 1 atom stereocenters. The zero-order valence-corrected chi connectivity index (χ0v) is 9.96. The minimum absolute atomic E-state index is 0.224. The molecule has 0 spiro atoms. The third-order valence-corrected chi connectivity index (χ3v) is 3.37. The molecule has 1 aliphatic rings. The fourth-order valence-electron chi connectivity index (χ4n) is 2.21. The Labute approximate surface area is 92.8 Å². The molecule has 0 heterocycles.